The molecule has 4 nitrogen and oxygen atoms in total. The standard InChI is InChI=1S/C19H24BrN3O/c1-3-23(4-2)18-10-8-16(9-11-18)21-13-12-19(24)22-17-7-5-6-15(20)14-17/h5-11,14,21H,3-4,12-13H2,1-2H3,(H,22,24). The Morgan fingerprint density at radius 3 is 2.38 bits per heavy atom. The summed E-state index contributed by atoms with van der Waals surface area (Å²) in [4.78, 5) is 14.3. The van der Waals surface area contributed by atoms with Crippen molar-refractivity contribution in [2.45, 2.75) is 20.3 Å². The van der Waals surface area contributed by atoms with E-state index in [4.69, 9.17) is 0 Å². The zero-order valence-corrected chi connectivity index (χ0v) is 15.8. The van der Waals surface area contributed by atoms with E-state index < -0.39 is 0 Å². The van der Waals surface area contributed by atoms with Gasteiger partial charge in [-0.25, -0.2) is 0 Å². The van der Waals surface area contributed by atoms with E-state index in [0.717, 1.165) is 28.9 Å². The van der Waals surface area contributed by atoms with Gasteiger partial charge in [0, 0.05) is 47.6 Å². The maximum atomic E-state index is 12.0. The molecule has 1 amide bonds. The number of hydrogen-bond acceptors (Lipinski definition) is 3. The Hall–Kier alpha value is -2.01. The molecular weight excluding hydrogens is 366 g/mol. The van der Waals surface area contributed by atoms with Crippen molar-refractivity contribution >= 4 is 38.9 Å². The zero-order valence-electron chi connectivity index (χ0n) is 14.2. The van der Waals surface area contributed by atoms with Gasteiger partial charge in [0.1, 0.15) is 0 Å². The largest absolute Gasteiger partial charge is 0.385 e. The van der Waals surface area contributed by atoms with Crippen LogP contribution in [0.5, 0.6) is 0 Å². The number of anilines is 3. The summed E-state index contributed by atoms with van der Waals surface area (Å²) in [6, 6.07) is 15.9. The Morgan fingerprint density at radius 1 is 1.04 bits per heavy atom. The van der Waals surface area contributed by atoms with Crippen molar-refractivity contribution in [2.24, 2.45) is 0 Å². The summed E-state index contributed by atoms with van der Waals surface area (Å²) in [5.74, 6) is 0.000335. The summed E-state index contributed by atoms with van der Waals surface area (Å²) in [6.45, 7) is 6.90. The number of nitrogens with zero attached hydrogens (tertiary/aromatic N) is 1. The van der Waals surface area contributed by atoms with Crippen LogP contribution < -0.4 is 15.5 Å². The van der Waals surface area contributed by atoms with Crippen LogP contribution in [0.25, 0.3) is 0 Å². The summed E-state index contributed by atoms with van der Waals surface area (Å²) in [7, 11) is 0. The van der Waals surface area contributed by atoms with Crippen LogP contribution in [0, 0.1) is 0 Å². The second kappa shape index (κ2) is 9.33. The monoisotopic (exact) mass is 389 g/mol. The van der Waals surface area contributed by atoms with Crippen molar-refractivity contribution in [3.05, 3.63) is 53.0 Å². The maximum Gasteiger partial charge on any atom is 0.226 e. The van der Waals surface area contributed by atoms with Crippen molar-refractivity contribution < 1.29 is 4.79 Å². The normalized spacial score (nSPS) is 10.3. The Bertz CT molecular complexity index is 654. The van der Waals surface area contributed by atoms with Gasteiger partial charge >= 0.3 is 0 Å². The molecule has 0 unspecified atom stereocenters. The van der Waals surface area contributed by atoms with Gasteiger partial charge in [-0.1, -0.05) is 22.0 Å². The SMILES string of the molecule is CCN(CC)c1ccc(NCCC(=O)Nc2cccc(Br)c2)cc1. The first kappa shape index (κ1) is 18.3. The van der Waals surface area contributed by atoms with Crippen LogP contribution in [0.3, 0.4) is 0 Å². The van der Waals surface area contributed by atoms with Gasteiger partial charge in [0.15, 0.2) is 0 Å². The Labute approximate surface area is 152 Å². The lowest BCUT2D eigenvalue weighted by Gasteiger charge is -2.21. The molecule has 0 aliphatic rings. The van der Waals surface area contributed by atoms with E-state index >= 15 is 0 Å². The smallest absolute Gasteiger partial charge is 0.226 e. The number of benzene rings is 2. The molecule has 2 aromatic carbocycles. The Balaban J connectivity index is 1.78. The van der Waals surface area contributed by atoms with Gasteiger partial charge in [-0.15, -0.1) is 0 Å². The third-order valence-corrected chi connectivity index (χ3v) is 4.28. The Kier molecular flexibility index (Phi) is 7.12. The third kappa shape index (κ3) is 5.57. The highest BCUT2D eigenvalue weighted by Crippen LogP contribution is 2.18. The number of nitrogens with one attached hydrogen (secondary N) is 2. The first-order valence-corrected chi connectivity index (χ1v) is 9.06. The van der Waals surface area contributed by atoms with Crippen molar-refractivity contribution in [1.29, 1.82) is 0 Å². The van der Waals surface area contributed by atoms with E-state index in [-0.39, 0.29) is 5.91 Å². The molecule has 0 aromatic heterocycles. The molecule has 5 heteroatoms. The number of amides is 1. The predicted molar refractivity (Wildman–Crippen MR) is 106 cm³/mol. The molecule has 0 aliphatic carbocycles. The van der Waals surface area contributed by atoms with E-state index in [0.29, 0.717) is 13.0 Å². The molecule has 0 saturated carbocycles. The number of hydrogen-bond donors (Lipinski definition) is 2. The molecule has 0 radical (unpaired) electrons. The van der Waals surface area contributed by atoms with Crippen LogP contribution in [0.4, 0.5) is 17.1 Å². The molecule has 128 valence electrons. The number of carbonyl (C=O) groups excluding carboxylic acids is 1. The lowest BCUT2D eigenvalue weighted by atomic mass is 10.2. The van der Waals surface area contributed by atoms with E-state index in [9.17, 15) is 4.79 Å². The van der Waals surface area contributed by atoms with E-state index in [1.165, 1.54) is 5.69 Å². The fourth-order valence-corrected chi connectivity index (χ4v) is 2.89. The summed E-state index contributed by atoms with van der Waals surface area (Å²) >= 11 is 3.39. The third-order valence-electron chi connectivity index (χ3n) is 3.79. The average molecular weight is 390 g/mol. The number of carbonyl (C=O) groups is 1. The van der Waals surface area contributed by atoms with Crippen LogP contribution in [-0.4, -0.2) is 25.5 Å². The van der Waals surface area contributed by atoms with Gasteiger partial charge < -0.3 is 15.5 Å². The first-order chi connectivity index (χ1) is 11.6. The fourth-order valence-electron chi connectivity index (χ4n) is 2.49. The molecule has 0 bridgehead atoms. The highest BCUT2D eigenvalue weighted by molar-refractivity contribution is 9.10. The second-order valence-electron chi connectivity index (χ2n) is 5.45. The van der Waals surface area contributed by atoms with E-state index in [2.05, 4.69) is 69.6 Å². The highest BCUT2D eigenvalue weighted by atomic mass is 79.9. The van der Waals surface area contributed by atoms with Crippen LogP contribution in [0.15, 0.2) is 53.0 Å². The second-order valence-corrected chi connectivity index (χ2v) is 6.37. The number of halogens is 1. The minimum absolute atomic E-state index is 0.000335. The highest BCUT2D eigenvalue weighted by Gasteiger charge is 2.04. The molecule has 0 atom stereocenters. The molecule has 0 spiro atoms. The van der Waals surface area contributed by atoms with Crippen LogP contribution >= 0.6 is 15.9 Å². The van der Waals surface area contributed by atoms with Gasteiger partial charge in [-0.2, -0.15) is 0 Å². The molecule has 2 rings (SSSR count). The predicted octanol–water partition coefficient (Wildman–Crippen LogP) is 4.74. The van der Waals surface area contributed by atoms with Crippen LogP contribution in [0.1, 0.15) is 20.3 Å². The lowest BCUT2D eigenvalue weighted by molar-refractivity contribution is -0.115. The maximum absolute atomic E-state index is 12.0. The fraction of sp³-hybridized carbons (Fsp3) is 0.316. The Morgan fingerprint density at radius 2 is 1.75 bits per heavy atom. The molecule has 0 saturated heterocycles. The quantitative estimate of drug-likeness (QED) is 0.685. The van der Waals surface area contributed by atoms with Crippen LogP contribution in [-0.2, 0) is 4.79 Å². The average Bonchev–Trinajstić information content (AvgIpc) is 2.57. The van der Waals surface area contributed by atoms with E-state index in [1.807, 2.05) is 24.3 Å². The van der Waals surface area contributed by atoms with Gasteiger partial charge in [-0.3, -0.25) is 4.79 Å². The lowest BCUT2D eigenvalue weighted by Crippen LogP contribution is -2.21. The van der Waals surface area contributed by atoms with Gasteiger partial charge in [0.05, 0.1) is 0 Å². The molecule has 0 aliphatic heterocycles. The summed E-state index contributed by atoms with van der Waals surface area (Å²) in [5.41, 5.74) is 3.05. The van der Waals surface area contributed by atoms with Gasteiger partial charge in [0.2, 0.25) is 5.91 Å². The van der Waals surface area contributed by atoms with Crippen LogP contribution in [0.2, 0.25) is 0 Å². The van der Waals surface area contributed by atoms with Gasteiger partial charge in [-0.05, 0) is 56.3 Å². The van der Waals surface area contributed by atoms with Crippen molar-refractivity contribution in [3.63, 3.8) is 0 Å². The topological polar surface area (TPSA) is 44.4 Å². The molecular formula is C19H24BrN3O. The minimum atomic E-state index is 0.000335. The summed E-state index contributed by atoms with van der Waals surface area (Å²) in [5, 5.41) is 6.18. The summed E-state index contributed by atoms with van der Waals surface area (Å²) < 4.78 is 0.951. The molecule has 0 fully saturated rings. The molecule has 2 N–H and O–H groups in total. The van der Waals surface area contributed by atoms with E-state index in [1.54, 1.807) is 0 Å². The number of rotatable bonds is 8. The first-order valence-electron chi connectivity index (χ1n) is 8.26. The zero-order chi connectivity index (χ0) is 17.4. The summed E-state index contributed by atoms with van der Waals surface area (Å²) in [6.07, 6.45) is 0.421. The van der Waals surface area contributed by atoms with Crippen molar-refractivity contribution in [1.82, 2.24) is 0 Å². The molecule has 0 heterocycles. The minimum Gasteiger partial charge on any atom is -0.385 e. The van der Waals surface area contributed by atoms with Crippen molar-refractivity contribution in [3.8, 4) is 0 Å². The van der Waals surface area contributed by atoms with Gasteiger partial charge in [0.25, 0.3) is 0 Å². The van der Waals surface area contributed by atoms with Crippen molar-refractivity contribution in [2.75, 3.05) is 35.2 Å². The molecule has 24 heavy (non-hydrogen) atoms. The molecule has 2 aromatic rings.